The molecule has 0 unspecified atom stereocenters. The number of hydrogen-bond donors (Lipinski definition) is 3. The molecule has 2 aliphatic rings. The predicted molar refractivity (Wildman–Crippen MR) is 103 cm³/mol. The Labute approximate surface area is 159 Å². The minimum atomic E-state index is -0.847. The summed E-state index contributed by atoms with van der Waals surface area (Å²) in [5.74, 6) is -0.961. The average Bonchev–Trinajstić information content (AvgIpc) is 3.06. The Bertz CT molecular complexity index is 656. The Kier molecular flexibility index (Phi) is 7.01. The molecular formula is C19H27ClFN3O2. The Balaban J connectivity index is 0.00000243. The van der Waals surface area contributed by atoms with Crippen molar-refractivity contribution in [1.29, 1.82) is 0 Å². The van der Waals surface area contributed by atoms with Gasteiger partial charge in [-0.15, -0.1) is 12.4 Å². The van der Waals surface area contributed by atoms with E-state index in [4.69, 9.17) is 5.73 Å². The summed E-state index contributed by atoms with van der Waals surface area (Å²) in [5.41, 5.74) is 5.84. The maximum atomic E-state index is 14.1. The van der Waals surface area contributed by atoms with Crippen LogP contribution in [0.15, 0.2) is 18.2 Å². The van der Waals surface area contributed by atoms with Crippen molar-refractivity contribution in [2.24, 2.45) is 11.7 Å². The normalized spacial score (nSPS) is 19.5. The Morgan fingerprint density at radius 2 is 1.69 bits per heavy atom. The van der Waals surface area contributed by atoms with Crippen LogP contribution in [0.3, 0.4) is 0 Å². The summed E-state index contributed by atoms with van der Waals surface area (Å²) in [6.45, 7) is 0. The number of carbonyl (C=O) groups is 2. The van der Waals surface area contributed by atoms with Gasteiger partial charge in [-0.3, -0.25) is 9.59 Å². The van der Waals surface area contributed by atoms with Crippen molar-refractivity contribution < 1.29 is 14.0 Å². The van der Waals surface area contributed by atoms with Gasteiger partial charge in [0.25, 0.3) is 0 Å². The van der Waals surface area contributed by atoms with Crippen LogP contribution in [0.25, 0.3) is 0 Å². The van der Waals surface area contributed by atoms with Crippen LogP contribution in [-0.4, -0.2) is 17.4 Å². The molecule has 0 spiro atoms. The highest BCUT2D eigenvalue weighted by molar-refractivity contribution is 5.99. The van der Waals surface area contributed by atoms with E-state index in [0.717, 1.165) is 44.9 Å². The number of halogens is 2. The third kappa shape index (κ3) is 4.74. The predicted octanol–water partition coefficient (Wildman–Crippen LogP) is 3.98. The molecule has 4 N–H and O–H groups in total. The topological polar surface area (TPSA) is 84.2 Å². The van der Waals surface area contributed by atoms with Gasteiger partial charge < -0.3 is 16.4 Å². The maximum Gasteiger partial charge on any atom is 0.244 e. The van der Waals surface area contributed by atoms with Crippen molar-refractivity contribution in [3.63, 3.8) is 0 Å². The lowest BCUT2D eigenvalue weighted by Gasteiger charge is -2.23. The Morgan fingerprint density at radius 3 is 2.35 bits per heavy atom. The lowest BCUT2D eigenvalue weighted by Crippen LogP contribution is -2.48. The molecule has 2 amide bonds. The van der Waals surface area contributed by atoms with Gasteiger partial charge in [-0.2, -0.15) is 0 Å². The molecule has 0 radical (unpaired) electrons. The quantitative estimate of drug-likeness (QED) is 0.735. The second-order valence-corrected chi connectivity index (χ2v) is 7.34. The van der Waals surface area contributed by atoms with E-state index in [2.05, 4.69) is 10.6 Å². The highest BCUT2D eigenvalue weighted by atomic mass is 35.5. The van der Waals surface area contributed by atoms with Gasteiger partial charge in [-0.25, -0.2) is 4.39 Å². The third-order valence-electron chi connectivity index (χ3n) is 5.41. The van der Waals surface area contributed by atoms with Gasteiger partial charge >= 0.3 is 0 Å². The largest absolute Gasteiger partial charge is 0.324 e. The summed E-state index contributed by atoms with van der Waals surface area (Å²) >= 11 is 0. The third-order valence-corrected chi connectivity index (χ3v) is 5.41. The summed E-state index contributed by atoms with van der Waals surface area (Å²) in [7, 11) is 0. The number of rotatable bonds is 4. The number of benzene rings is 1. The SMILES string of the molecule is Cl.NC1(C(=O)Nc2ccc(F)c(NC(=O)C3CCCCC3)c2)CCCC1. The van der Waals surface area contributed by atoms with Crippen LogP contribution in [0.5, 0.6) is 0 Å². The fraction of sp³-hybridized carbons (Fsp3) is 0.579. The minimum absolute atomic E-state index is 0. The lowest BCUT2D eigenvalue weighted by atomic mass is 9.88. The van der Waals surface area contributed by atoms with Gasteiger partial charge in [0.15, 0.2) is 0 Å². The van der Waals surface area contributed by atoms with Crippen molar-refractivity contribution in [3.8, 4) is 0 Å². The second-order valence-electron chi connectivity index (χ2n) is 7.34. The second kappa shape index (κ2) is 8.82. The number of carbonyl (C=O) groups excluding carboxylic acids is 2. The van der Waals surface area contributed by atoms with E-state index in [0.29, 0.717) is 18.5 Å². The molecule has 26 heavy (non-hydrogen) atoms. The number of hydrogen-bond acceptors (Lipinski definition) is 3. The van der Waals surface area contributed by atoms with Crippen LogP contribution < -0.4 is 16.4 Å². The summed E-state index contributed by atoms with van der Waals surface area (Å²) in [6.07, 6.45) is 8.12. The molecule has 1 aromatic rings. The Hall–Kier alpha value is -1.66. The zero-order chi connectivity index (χ0) is 17.9. The summed E-state index contributed by atoms with van der Waals surface area (Å²) < 4.78 is 14.1. The lowest BCUT2D eigenvalue weighted by molar-refractivity contribution is -0.121. The van der Waals surface area contributed by atoms with Gasteiger partial charge in [-0.1, -0.05) is 32.1 Å². The fourth-order valence-electron chi connectivity index (χ4n) is 3.79. The molecule has 7 heteroatoms. The molecule has 0 aliphatic heterocycles. The van der Waals surface area contributed by atoms with Crippen LogP contribution in [0.2, 0.25) is 0 Å². The van der Waals surface area contributed by atoms with Gasteiger partial charge in [0.05, 0.1) is 11.2 Å². The molecule has 1 aromatic carbocycles. The molecule has 2 aliphatic carbocycles. The summed E-state index contributed by atoms with van der Waals surface area (Å²) in [5, 5.41) is 5.44. The first-order chi connectivity index (χ1) is 12.0. The first-order valence-corrected chi connectivity index (χ1v) is 9.19. The maximum absolute atomic E-state index is 14.1. The molecule has 0 saturated heterocycles. The van der Waals surface area contributed by atoms with E-state index in [9.17, 15) is 14.0 Å². The molecule has 144 valence electrons. The van der Waals surface area contributed by atoms with E-state index in [-0.39, 0.29) is 35.8 Å². The Morgan fingerprint density at radius 1 is 1.04 bits per heavy atom. The van der Waals surface area contributed by atoms with E-state index >= 15 is 0 Å². The van der Waals surface area contributed by atoms with Crippen molar-refractivity contribution in [2.45, 2.75) is 63.3 Å². The van der Waals surface area contributed by atoms with Crippen molar-refractivity contribution in [1.82, 2.24) is 0 Å². The highest BCUT2D eigenvalue weighted by Gasteiger charge is 2.37. The molecule has 0 bridgehead atoms. The van der Waals surface area contributed by atoms with E-state index in [1.807, 2.05) is 0 Å². The molecule has 0 aromatic heterocycles. The first-order valence-electron chi connectivity index (χ1n) is 9.19. The molecule has 5 nitrogen and oxygen atoms in total. The molecular weight excluding hydrogens is 357 g/mol. The molecule has 3 rings (SSSR count). The van der Waals surface area contributed by atoms with Gasteiger partial charge in [0.1, 0.15) is 5.82 Å². The van der Waals surface area contributed by atoms with Gasteiger partial charge in [-0.05, 0) is 43.9 Å². The van der Waals surface area contributed by atoms with Crippen LogP contribution in [-0.2, 0) is 9.59 Å². The summed E-state index contributed by atoms with van der Waals surface area (Å²) in [4.78, 5) is 24.7. The average molecular weight is 384 g/mol. The van der Waals surface area contributed by atoms with E-state index in [1.54, 1.807) is 0 Å². The zero-order valence-electron chi connectivity index (χ0n) is 14.9. The van der Waals surface area contributed by atoms with E-state index < -0.39 is 11.4 Å². The number of nitrogens with one attached hydrogen (secondary N) is 2. The summed E-state index contributed by atoms with van der Waals surface area (Å²) in [6, 6.07) is 4.21. The number of amides is 2. The van der Waals surface area contributed by atoms with Crippen LogP contribution in [0.1, 0.15) is 57.8 Å². The minimum Gasteiger partial charge on any atom is -0.324 e. The van der Waals surface area contributed by atoms with Gasteiger partial charge in [0.2, 0.25) is 11.8 Å². The smallest absolute Gasteiger partial charge is 0.244 e. The monoisotopic (exact) mass is 383 g/mol. The van der Waals surface area contributed by atoms with Crippen LogP contribution in [0.4, 0.5) is 15.8 Å². The molecule has 2 saturated carbocycles. The highest BCUT2D eigenvalue weighted by Crippen LogP contribution is 2.30. The van der Waals surface area contributed by atoms with Crippen molar-refractivity contribution >= 4 is 35.6 Å². The zero-order valence-corrected chi connectivity index (χ0v) is 15.7. The van der Waals surface area contributed by atoms with E-state index in [1.165, 1.54) is 18.2 Å². The number of anilines is 2. The fourth-order valence-corrected chi connectivity index (χ4v) is 3.79. The van der Waals surface area contributed by atoms with Crippen LogP contribution >= 0.6 is 12.4 Å². The first kappa shape index (κ1) is 20.6. The van der Waals surface area contributed by atoms with Gasteiger partial charge in [0, 0.05) is 11.6 Å². The van der Waals surface area contributed by atoms with Crippen LogP contribution in [0, 0.1) is 11.7 Å². The molecule has 2 fully saturated rings. The molecule has 0 heterocycles. The van der Waals surface area contributed by atoms with Crippen molar-refractivity contribution in [2.75, 3.05) is 10.6 Å². The molecule has 0 atom stereocenters. The standard InChI is InChI=1S/C19H26FN3O2.ClH/c20-15-9-8-14(22-18(25)19(21)10-4-5-11-19)12-16(15)23-17(24)13-6-2-1-3-7-13;/h8-9,12-13H,1-7,10-11,21H2,(H,22,25)(H,23,24);1H. The number of nitrogens with two attached hydrogens (primary N) is 1. The van der Waals surface area contributed by atoms with Crippen molar-refractivity contribution in [3.05, 3.63) is 24.0 Å².